The highest BCUT2D eigenvalue weighted by Crippen LogP contribution is 2.40. The lowest BCUT2D eigenvalue weighted by atomic mass is 10.1. The third-order valence-corrected chi connectivity index (χ3v) is 23.1. The van der Waals surface area contributed by atoms with Crippen molar-refractivity contribution < 1.29 is 64.9 Å². The van der Waals surface area contributed by atoms with Gasteiger partial charge in [0.2, 0.25) is 0 Å². The number of benzene rings is 3. The number of nitrogens with one attached hydrogen (secondary N) is 3. The van der Waals surface area contributed by atoms with Crippen LogP contribution in [-0.2, 0) is 28.7 Å². The quantitative estimate of drug-likeness (QED) is 0.0469. The first kappa shape index (κ1) is 80.5. The first-order valence-electron chi connectivity index (χ1n) is 36.6. The Bertz CT molecular complexity index is 5000. The van der Waals surface area contributed by atoms with Crippen LogP contribution < -0.4 is 53.6 Å². The molecular formula is C76H90F6N18O8S3. The van der Waals surface area contributed by atoms with Crippen LogP contribution in [0.5, 0.6) is 0 Å². The molecule has 12 N–H and O–H groups in total. The number of aryl methyl sites for hydroxylation is 3. The molecule has 6 unspecified atom stereocenters. The van der Waals surface area contributed by atoms with Crippen molar-refractivity contribution in [1.29, 1.82) is 0 Å². The standard InChI is InChI=1S/C27H32F2N6O3S.C22H24F2N6OS.C19H27F2N3O2.C8H7N3O2S/c1-14-11-32-22-21(30)23(39-25(22)33-14)24(36)31-8-7-15-9-19(29)20(10-18(15)28)34-12-16-5-6-17(13-34)35(16)26(37)38-27(2,3)4;1-11-8-27-19-18(25)20(32-22(19)28-11)21(31)26-5-4-12-6-16(24)17(7-15(12)23)30-9-13-2-3-14(10-30)29-13;1-19(2,3)26-18(25)24-13-4-5-14(24)11-23(10-13)17-9-15(20)12(6-7-22)8-16(17)21;1-3-2-10-5-4(9)6(8(12)13)14-7(5)11-3/h9-11,16-17H,5-8,12-13,30H2,1-4H3,(H,31,36);6-8,13-14,29H,2-5,9-10,25H2,1H3,(H,26,31);8-9,13-14H,4-7,10-11,22H2,1-3H3;2H,9H2,1H3,(H,12,13). The minimum Gasteiger partial charge on any atom is -0.477 e. The number of piperazine rings is 3. The smallest absolute Gasteiger partial charge is 0.410 e. The van der Waals surface area contributed by atoms with Gasteiger partial charge in [-0.1, -0.05) is 0 Å². The highest BCUT2D eigenvalue weighted by Gasteiger charge is 2.47. The number of nitrogens with two attached hydrogens (primary N) is 4. The van der Waals surface area contributed by atoms with E-state index in [-0.39, 0.29) is 124 Å². The molecule has 0 aliphatic carbocycles. The van der Waals surface area contributed by atoms with Crippen molar-refractivity contribution in [3.63, 3.8) is 0 Å². The van der Waals surface area contributed by atoms with E-state index in [1.165, 1.54) is 47.7 Å². The van der Waals surface area contributed by atoms with Crippen molar-refractivity contribution in [2.24, 2.45) is 5.73 Å². The second-order valence-electron chi connectivity index (χ2n) is 30.5. The molecule has 6 atom stereocenters. The minimum atomic E-state index is -1.04. The maximum Gasteiger partial charge on any atom is 0.410 e. The summed E-state index contributed by atoms with van der Waals surface area (Å²) >= 11 is 3.36. The van der Waals surface area contributed by atoms with E-state index in [0.29, 0.717) is 111 Å². The molecule has 111 heavy (non-hydrogen) atoms. The number of aromatic nitrogens is 6. The van der Waals surface area contributed by atoms with Crippen molar-refractivity contribution in [3.8, 4) is 0 Å². The average Bonchev–Trinajstić information content (AvgIpc) is 1.69. The average molecular weight is 1590 g/mol. The maximum absolute atomic E-state index is 15.2. The summed E-state index contributed by atoms with van der Waals surface area (Å²) in [5.41, 5.74) is 27.8. The zero-order valence-corrected chi connectivity index (χ0v) is 65.4. The number of fused-ring (bicyclic) bond motifs is 9. The van der Waals surface area contributed by atoms with Gasteiger partial charge >= 0.3 is 18.2 Å². The molecule has 0 radical (unpaired) electrons. The van der Waals surface area contributed by atoms with E-state index in [1.54, 1.807) is 47.1 Å². The van der Waals surface area contributed by atoms with Crippen LogP contribution in [0.15, 0.2) is 55.0 Å². The summed E-state index contributed by atoms with van der Waals surface area (Å²) in [7, 11) is 0. The number of thiophene rings is 3. The van der Waals surface area contributed by atoms with E-state index in [4.69, 9.17) is 37.5 Å². The SMILES string of the molecule is CC(C)(C)OC(=O)N1C2CCC1CN(c1cc(F)c(CCN)cc1F)C2.Cc1cnc2c(N)c(C(=O)NCCc3cc(F)c(N4CC5CCC(C4)N5)cc3F)sc2n1.Cc1cnc2c(N)c(C(=O)NCCc3cc(F)c(N4CC5CCC(C4)N5C(=O)OC(C)(C)C)cc3F)sc2n1.Cc1cnc2c(N)c(C(=O)O)sc2n1. The van der Waals surface area contributed by atoms with Gasteiger partial charge < -0.3 is 68.2 Å². The number of aromatic carboxylic acids is 1. The molecule has 9 aromatic rings. The lowest BCUT2D eigenvalue weighted by Gasteiger charge is -2.42. The number of carboxylic acids is 1. The monoisotopic (exact) mass is 1590 g/mol. The number of nitrogen functional groups attached to an aromatic ring is 3. The summed E-state index contributed by atoms with van der Waals surface area (Å²) in [6, 6.07) is 7.74. The van der Waals surface area contributed by atoms with Gasteiger partial charge in [0.15, 0.2) is 0 Å². The number of amides is 4. The van der Waals surface area contributed by atoms with E-state index in [2.05, 4.69) is 45.9 Å². The van der Waals surface area contributed by atoms with Crippen molar-refractivity contribution >= 4 is 129 Å². The van der Waals surface area contributed by atoms with Gasteiger partial charge in [0, 0.05) is 101 Å². The molecule has 6 fully saturated rings. The molecule has 4 amide bonds. The topological polar surface area (TPSA) is 358 Å². The molecule has 26 nitrogen and oxygen atoms in total. The van der Waals surface area contributed by atoms with Crippen LogP contribution in [-0.4, -0.2) is 181 Å². The molecule has 0 saturated carbocycles. The number of hydrogen-bond acceptors (Lipinski definition) is 24. The summed E-state index contributed by atoms with van der Waals surface area (Å²) in [6.07, 6.45) is 10.0. The molecule has 15 rings (SSSR count). The van der Waals surface area contributed by atoms with Crippen LogP contribution in [0.4, 0.5) is 70.1 Å². The van der Waals surface area contributed by atoms with Gasteiger partial charge in [0.1, 0.15) is 91.8 Å². The maximum atomic E-state index is 15.2. The molecule has 592 valence electrons. The number of nitrogens with zero attached hydrogens (tertiary/aromatic N) is 11. The van der Waals surface area contributed by atoms with E-state index in [1.807, 2.05) is 58.3 Å². The highest BCUT2D eigenvalue weighted by molar-refractivity contribution is 7.21. The number of carboxylic acid groups (broad SMARTS) is 1. The Balaban J connectivity index is 0.000000144. The van der Waals surface area contributed by atoms with Crippen LogP contribution in [0, 0.1) is 55.7 Å². The Labute approximate surface area is 648 Å². The Kier molecular flexibility index (Phi) is 24.1. The fourth-order valence-corrected chi connectivity index (χ4v) is 17.8. The van der Waals surface area contributed by atoms with Gasteiger partial charge in [-0.3, -0.25) is 19.4 Å². The predicted octanol–water partition coefficient (Wildman–Crippen LogP) is 11.5. The van der Waals surface area contributed by atoms with Gasteiger partial charge in [-0.25, -0.2) is 70.6 Å². The van der Waals surface area contributed by atoms with Gasteiger partial charge in [-0.05, 0) is 162 Å². The second kappa shape index (κ2) is 33.1. The van der Waals surface area contributed by atoms with E-state index < -0.39 is 58.0 Å². The predicted molar refractivity (Wildman–Crippen MR) is 417 cm³/mol. The number of ether oxygens (including phenoxy) is 2. The largest absolute Gasteiger partial charge is 0.477 e. The minimum absolute atomic E-state index is 0.0465. The van der Waals surface area contributed by atoms with Crippen molar-refractivity contribution in [1.82, 2.24) is 55.7 Å². The van der Waals surface area contributed by atoms with Crippen molar-refractivity contribution in [2.75, 3.05) is 90.8 Å². The van der Waals surface area contributed by atoms with E-state index in [9.17, 15) is 41.5 Å². The Morgan fingerprint density at radius 1 is 0.486 bits per heavy atom. The van der Waals surface area contributed by atoms with Crippen molar-refractivity contribution in [3.05, 3.63) is 138 Å². The first-order chi connectivity index (χ1) is 52.6. The van der Waals surface area contributed by atoms with Crippen LogP contribution >= 0.6 is 34.0 Å². The fraction of sp³-hybridized carbons (Fsp3) is 0.461. The van der Waals surface area contributed by atoms with Crippen LogP contribution in [0.3, 0.4) is 0 Å². The fourth-order valence-electron chi connectivity index (χ4n) is 14.8. The van der Waals surface area contributed by atoms with Crippen LogP contribution in [0.25, 0.3) is 31.0 Å². The summed E-state index contributed by atoms with van der Waals surface area (Å²) < 4.78 is 99.6. The zero-order chi connectivity index (χ0) is 79.8. The molecule has 0 spiro atoms. The summed E-state index contributed by atoms with van der Waals surface area (Å²) in [5.74, 6) is -4.69. The van der Waals surface area contributed by atoms with Crippen molar-refractivity contribution in [2.45, 2.75) is 168 Å². The normalized spacial score (nSPS) is 19.2. The number of carbonyl (C=O) groups excluding carboxylic acids is 4. The first-order valence-corrected chi connectivity index (χ1v) is 39.1. The van der Waals surface area contributed by atoms with E-state index >= 15 is 8.78 Å². The summed E-state index contributed by atoms with van der Waals surface area (Å²) in [6.45, 7) is 20.0. The lowest BCUT2D eigenvalue weighted by Crippen LogP contribution is -2.57. The Hall–Kier alpha value is -9.97. The van der Waals surface area contributed by atoms with E-state index in [0.717, 1.165) is 72.6 Å². The molecule has 6 aliphatic heterocycles. The number of hydrogen-bond donors (Lipinski definition) is 8. The molecule has 6 aromatic heterocycles. The number of halogens is 6. The second-order valence-corrected chi connectivity index (χ2v) is 33.5. The van der Waals surface area contributed by atoms with Crippen LogP contribution in [0.2, 0.25) is 0 Å². The summed E-state index contributed by atoms with van der Waals surface area (Å²) in [5, 5.41) is 17.8. The molecule has 6 saturated heterocycles. The summed E-state index contributed by atoms with van der Waals surface area (Å²) in [4.78, 5) is 98.1. The third kappa shape index (κ3) is 18.3. The Morgan fingerprint density at radius 2 is 0.802 bits per heavy atom. The molecule has 12 heterocycles. The zero-order valence-electron chi connectivity index (χ0n) is 62.9. The van der Waals surface area contributed by atoms with Gasteiger partial charge in [0.05, 0.1) is 75.4 Å². The number of rotatable bonds is 14. The number of anilines is 6. The van der Waals surface area contributed by atoms with Gasteiger partial charge in [-0.15, -0.1) is 34.0 Å². The van der Waals surface area contributed by atoms with Gasteiger partial charge in [0.25, 0.3) is 11.8 Å². The Morgan fingerprint density at radius 3 is 1.13 bits per heavy atom. The lowest BCUT2D eigenvalue weighted by molar-refractivity contribution is 0.0111. The third-order valence-electron chi connectivity index (χ3n) is 19.8. The van der Waals surface area contributed by atoms with Crippen LogP contribution in [0.1, 0.15) is 143 Å². The molecule has 6 bridgehead atoms. The molecule has 3 aromatic carbocycles. The molecule has 35 heteroatoms. The highest BCUT2D eigenvalue weighted by atomic mass is 32.1. The van der Waals surface area contributed by atoms with Gasteiger partial charge in [-0.2, -0.15) is 0 Å². The number of carbonyl (C=O) groups is 5. The molecule has 6 aliphatic rings. The molecular weight excluding hydrogens is 1500 g/mol.